The fourth-order valence-corrected chi connectivity index (χ4v) is 3.63. The fourth-order valence-electron chi connectivity index (χ4n) is 3.63. The van der Waals surface area contributed by atoms with Crippen molar-refractivity contribution in [3.8, 4) is 11.5 Å². The normalized spacial score (nSPS) is 21.2. The molecule has 0 saturated heterocycles. The quantitative estimate of drug-likeness (QED) is 0.790. The van der Waals surface area contributed by atoms with Crippen molar-refractivity contribution in [2.24, 2.45) is 5.10 Å². The Morgan fingerprint density at radius 1 is 1.12 bits per heavy atom. The van der Waals surface area contributed by atoms with E-state index in [-0.39, 0.29) is 12.3 Å². The minimum Gasteiger partial charge on any atom is -0.494 e. The summed E-state index contributed by atoms with van der Waals surface area (Å²) in [6.07, 6.45) is 2.98. The second-order valence-corrected chi connectivity index (χ2v) is 6.50. The molecule has 0 aliphatic carbocycles. The molecule has 130 valence electrons. The van der Waals surface area contributed by atoms with Gasteiger partial charge < -0.3 is 9.47 Å². The van der Waals surface area contributed by atoms with Gasteiger partial charge in [-0.25, -0.2) is 0 Å². The largest absolute Gasteiger partial charge is 0.494 e. The molecule has 0 fully saturated rings. The highest BCUT2D eigenvalue weighted by Crippen LogP contribution is 2.43. The number of para-hydroxylation sites is 1. The van der Waals surface area contributed by atoms with Crippen LogP contribution >= 0.6 is 0 Å². The summed E-state index contributed by atoms with van der Waals surface area (Å²) < 4.78 is 11.8. The van der Waals surface area contributed by atoms with Gasteiger partial charge in [-0.15, -0.1) is 0 Å². The first-order valence-corrected chi connectivity index (χ1v) is 9.14. The molecule has 4 heteroatoms. The van der Waals surface area contributed by atoms with Gasteiger partial charge in [0.2, 0.25) is 0 Å². The van der Waals surface area contributed by atoms with Crippen molar-refractivity contribution >= 4 is 5.71 Å². The Bertz CT molecular complexity index is 770. The van der Waals surface area contributed by atoms with Crippen LogP contribution in [0.4, 0.5) is 0 Å². The van der Waals surface area contributed by atoms with Crippen LogP contribution in [0.1, 0.15) is 50.3 Å². The maximum atomic E-state index is 6.22. The number of hydrogen-bond acceptors (Lipinski definition) is 4. The van der Waals surface area contributed by atoms with E-state index in [0.29, 0.717) is 6.61 Å². The van der Waals surface area contributed by atoms with E-state index in [1.807, 2.05) is 25.1 Å². The number of hydrazone groups is 1. The third kappa shape index (κ3) is 2.97. The van der Waals surface area contributed by atoms with Crippen molar-refractivity contribution in [1.29, 1.82) is 0 Å². The van der Waals surface area contributed by atoms with Crippen LogP contribution in [0.5, 0.6) is 11.5 Å². The lowest BCUT2D eigenvalue weighted by Gasteiger charge is -2.38. The van der Waals surface area contributed by atoms with Crippen LogP contribution in [-0.4, -0.2) is 23.6 Å². The maximum absolute atomic E-state index is 6.22. The molecule has 2 aliphatic rings. The zero-order chi connectivity index (χ0) is 17.2. The average molecular weight is 336 g/mol. The Kier molecular flexibility index (Phi) is 4.35. The Labute approximate surface area is 149 Å². The molecule has 4 rings (SSSR count). The molecule has 2 aromatic carbocycles. The second-order valence-electron chi connectivity index (χ2n) is 6.50. The van der Waals surface area contributed by atoms with Crippen molar-refractivity contribution in [3.05, 3.63) is 59.7 Å². The maximum Gasteiger partial charge on any atom is 0.187 e. The summed E-state index contributed by atoms with van der Waals surface area (Å²) in [6.45, 7) is 4.87. The monoisotopic (exact) mass is 336 g/mol. The highest BCUT2D eigenvalue weighted by molar-refractivity contribution is 6.02. The first kappa shape index (κ1) is 16.0. The lowest BCUT2D eigenvalue weighted by Crippen LogP contribution is -2.40. The van der Waals surface area contributed by atoms with E-state index in [0.717, 1.165) is 42.0 Å². The highest BCUT2D eigenvalue weighted by atomic mass is 16.5. The SMILES string of the molecule is CCC[C@H]1Oc2ccccc2[C@H]2CC(c3ccc(OCC)cc3)=NN21. The van der Waals surface area contributed by atoms with Crippen LogP contribution in [-0.2, 0) is 0 Å². The molecule has 2 aliphatic heterocycles. The van der Waals surface area contributed by atoms with Crippen LogP contribution in [0, 0.1) is 0 Å². The fraction of sp³-hybridized carbons (Fsp3) is 0.381. The second kappa shape index (κ2) is 6.79. The van der Waals surface area contributed by atoms with Gasteiger partial charge in [-0.2, -0.15) is 5.10 Å². The van der Waals surface area contributed by atoms with Crippen LogP contribution < -0.4 is 9.47 Å². The molecular formula is C21H24N2O2. The van der Waals surface area contributed by atoms with Gasteiger partial charge in [-0.3, -0.25) is 5.01 Å². The first-order chi connectivity index (χ1) is 12.3. The summed E-state index contributed by atoms with van der Waals surface area (Å²) >= 11 is 0. The Morgan fingerprint density at radius 3 is 2.68 bits per heavy atom. The molecular weight excluding hydrogens is 312 g/mol. The molecule has 4 nitrogen and oxygen atoms in total. The van der Waals surface area contributed by atoms with Gasteiger partial charge in [-0.1, -0.05) is 31.5 Å². The zero-order valence-electron chi connectivity index (χ0n) is 14.8. The molecule has 0 N–H and O–H groups in total. The van der Waals surface area contributed by atoms with E-state index in [4.69, 9.17) is 14.6 Å². The number of ether oxygens (including phenoxy) is 2. The predicted molar refractivity (Wildman–Crippen MR) is 99.1 cm³/mol. The standard InChI is InChI=1S/C21H24N2O2/c1-3-7-21-23-19(17-8-5-6-9-20(17)25-21)14-18(22-23)15-10-12-16(13-11-15)24-4-2/h5-6,8-13,19,21H,3-4,7,14H2,1-2H3/t19-,21-/m1/s1. The van der Waals surface area contributed by atoms with Crippen molar-refractivity contribution < 1.29 is 9.47 Å². The van der Waals surface area contributed by atoms with E-state index in [1.54, 1.807) is 0 Å². The molecule has 0 saturated carbocycles. The van der Waals surface area contributed by atoms with Crippen LogP contribution in [0.3, 0.4) is 0 Å². The van der Waals surface area contributed by atoms with Gasteiger partial charge in [0.1, 0.15) is 11.5 Å². The van der Waals surface area contributed by atoms with Gasteiger partial charge in [0.15, 0.2) is 6.23 Å². The molecule has 0 spiro atoms. The summed E-state index contributed by atoms with van der Waals surface area (Å²) in [7, 11) is 0. The van der Waals surface area contributed by atoms with E-state index in [1.165, 1.54) is 5.56 Å². The van der Waals surface area contributed by atoms with E-state index >= 15 is 0 Å². The summed E-state index contributed by atoms with van der Waals surface area (Å²) in [5.41, 5.74) is 3.51. The summed E-state index contributed by atoms with van der Waals surface area (Å²) in [6, 6.07) is 16.9. The van der Waals surface area contributed by atoms with Crippen molar-refractivity contribution in [1.82, 2.24) is 5.01 Å². The van der Waals surface area contributed by atoms with E-state index in [2.05, 4.69) is 42.3 Å². The topological polar surface area (TPSA) is 34.1 Å². The number of nitrogens with zero attached hydrogens (tertiary/aromatic N) is 2. The van der Waals surface area contributed by atoms with Gasteiger partial charge in [-0.05, 0) is 42.8 Å². The molecule has 0 unspecified atom stereocenters. The molecule has 0 aromatic heterocycles. The van der Waals surface area contributed by atoms with E-state index in [9.17, 15) is 0 Å². The molecule has 0 radical (unpaired) electrons. The lowest BCUT2D eigenvalue weighted by atomic mass is 9.96. The summed E-state index contributed by atoms with van der Waals surface area (Å²) in [5.74, 6) is 1.91. The Balaban J connectivity index is 1.64. The Morgan fingerprint density at radius 2 is 1.92 bits per heavy atom. The van der Waals surface area contributed by atoms with Gasteiger partial charge in [0.25, 0.3) is 0 Å². The van der Waals surface area contributed by atoms with Gasteiger partial charge in [0.05, 0.1) is 18.4 Å². The zero-order valence-corrected chi connectivity index (χ0v) is 14.8. The number of benzene rings is 2. The average Bonchev–Trinajstić information content (AvgIpc) is 3.09. The van der Waals surface area contributed by atoms with Crippen molar-refractivity contribution in [2.75, 3.05) is 6.61 Å². The minimum absolute atomic E-state index is 0.0186. The molecule has 25 heavy (non-hydrogen) atoms. The Hall–Kier alpha value is -2.49. The summed E-state index contributed by atoms with van der Waals surface area (Å²) in [4.78, 5) is 0. The number of rotatable bonds is 5. The minimum atomic E-state index is 0.0186. The van der Waals surface area contributed by atoms with Gasteiger partial charge in [0, 0.05) is 18.4 Å². The third-order valence-corrected chi connectivity index (χ3v) is 4.81. The van der Waals surface area contributed by atoms with E-state index < -0.39 is 0 Å². The molecule has 2 aromatic rings. The van der Waals surface area contributed by atoms with Crippen LogP contribution in [0.2, 0.25) is 0 Å². The predicted octanol–water partition coefficient (Wildman–Crippen LogP) is 4.76. The van der Waals surface area contributed by atoms with Crippen molar-refractivity contribution in [2.45, 2.75) is 45.4 Å². The molecule has 2 heterocycles. The number of hydrogen-bond donors (Lipinski definition) is 0. The first-order valence-electron chi connectivity index (χ1n) is 9.14. The smallest absolute Gasteiger partial charge is 0.187 e. The molecule has 2 atom stereocenters. The van der Waals surface area contributed by atoms with Gasteiger partial charge >= 0.3 is 0 Å². The third-order valence-electron chi connectivity index (χ3n) is 4.81. The van der Waals surface area contributed by atoms with Crippen LogP contribution in [0.15, 0.2) is 53.6 Å². The van der Waals surface area contributed by atoms with Crippen molar-refractivity contribution in [3.63, 3.8) is 0 Å². The molecule has 0 amide bonds. The highest BCUT2D eigenvalue weighted by Gasteiger charge is 2.39. The summed E-state index contributed by atoms with van der Waals surface area (Å²) in [5, 5.41) is 7.10. The lowest BCUT2D eigenvalue weighted by molar-refractivity contribution is -0.0223. The number of fused-ring (bicyclic) bond motifs is 3. The van der Waals surface area contributed by atoms with Crippen LogP contribution in [0.25, 0.3) is 0 Å². The molecule has 0 bridgehead atoms.